The van der Waals surface area contributed by atoms with Gasteiger partial charge in [-0.15, -0.1) is 0 Å². The van der Waals surface area contributed by atoms with Crippen molar-refractivity contribution in [3.05, 3.63) is 47.0 Å². The van der Waals surface area contributed by atoms with E-state index >= 15 is 0 Å². The highest BCUT2D eigenvalue weighted by atomic mass is 79.9. The van der Waals surface area contributed by atoms with Gasteiger partial charge in [0, 0.05) is 6.42 Å². The Balaban J connectivity index is 2.32. The van der Waals surface area contributed by atoms with E-state index in [1.165, 1.54) is 0 Å². The summed E-state index contributed by atoms with van der Waals surface area (Å²) in [5.74, 6) is -1.83. The van der Waals surface area contributed by atoms with E-state index in [2.05, 4.69) is 33.1 Å². The molecular weight excluding hydrogens is 368 g/mol. The first-order valence-electron chi connectivity index (χ1n) is 6.68. The van der Waals surface area contributed by atoms with Crippen molar-refractivity contribution in [2.24, 2.45) is 0 Å². The minimum absolute atomic E-state index is 0.0412. The van der Waals surface area contributed by atoms with E-state index < -0.39 is 24.0 Å². The fourth-order valence-corrected chi connectivity index (χ4v) is 1.92. The number of carbonyl (C=O) groups is 3. The molecule has 0 aliphatic carbocycles. The normalized spacial score (nSPS) is 11.2. The van der Waals surface area contributed by atoms with Gasteiger partial charge in [-0.1, -0.05) is 52.8 Å². The fourth-order valence-electron chi connectivity index (χ4n) is 1.59. The van der Waals surface area contributed by atoms with Crippen molar-refractivity contribution in [1.29, 1.82) is 0 Å². The Bertz CT molecular complexity index is 576. The molecule has 0 aliphatic heterocycles. The van der Waals surface area contributed by atoms with Crippen LogP contribution in [-0.4, -0.2) is 35.7 Å². The molecule has 8 heteroatoms. The van der Waals surface area contributed by atoms with Crippen molar-refractivity contribution in [2.45, 2.75) is 19.1 Å². The maximum absolute atomic E-state index is 11.6. The molecule has 0 unspecified atom stereocenters. The van der Waals surface area contributed by atoms with Crippen LogP contribution in [0.3, 0.4) is 0 Å². The van der Waals surface area contributed by atoms with Crippen molar-refractivity contribution in [1.82, 2.24) is 10.6 Å². The molecule has 0 heterocycles. The minimum Gasteiger partial charge on any atom is -0.480 e. The number of nitrogens with one attached hydrogen (secondary N) is 2. The summed E-state index contributed by atoms with van der Waals surface area (Å²) >= 11 is 3.04. The summed E-state index contributed by atoms with van der Waals surface area (Å²) in [7, 11) is 0. The number of alkyl carbamates (subject to hydrolysis) is 1. The molecular formula is C15H17BrN2O5. The molecule has 0 spiro atoms. The SMILES string of the molecule is C=C(Br)C[C@@H](NC(=O)CNC(=O)OCc1ccccc1)C(=O)O. The van der Waals surface area contributed by atoms with Crippen molar-refractivity contribution < 1.29 is 24.2 Å². The highest BCUT2D eigenvalue weighted by molar-refractivity contribution is 9.11. The standard InChI is InChI=1S/C15H17BrN2O5/c1-10(16)7-12(14(20)21)18-13(19)8-17-15(22)23-9-11-5-3-2-4-6-11/h2-6,12H,1,7-9H2,(H,17,22)(H,18,19)(H,20,21)/t12-/m1/s1. The van der Waals surface area contributed by atoms with Crippen LogP contribution in [0.1, 0.15) is 12.0 Å². The quantitative estimate of drug-likeness (QED) is 0.633. The van der Waals surface area contributed by atoms with Gasteiger partial charge in [0.15, 0.2) is 0 Å². The topological polar surface area (TPSA) is 105 Å². The number of halogens is 1. The molecule has 0 saturated heterocycles. The van der Waals surface area contributed by atoms with Crippen LogP contribution in [0.25, 0.3) is 0 Å². The minimum atomic E-state index is -1.19. The summed E-state index contributed by atoms with van der Waals surface area (Å²) in [6, 6.07) is 7.95. The maximum atomic E-state index is 11.6. The first-order valence-corrected chi connectivity index (χ1v) is 7.47. The summed E-state index contributed by atoms with van der Waals surface area (Å²) in [5.41, 5.74) is 0.814. The summed E-state index contributed by atoms with van der Waals surface area (Å²) in [5, 5.41) is 13.5. The third kappa shape index (κ3) is 8.01. The fraction of sp³-hybridized carbons (Fsp3) is 0.267. The third-order valence-electron chi connectivity index (χ3n) is 2.66. The summed E-state index contributed by atoms with van der Waals surface area (Å²) < 4.78 is 5.37. The zero-order chi connectivity index (χ0) is 17.2. The number of amides is 2. The van der Waals surface area contributed by atoms with Crippen LogP contribution in [0.5, 0.6) is 0 Å². The predicted molar refractivity (Wildman–Crippen MR) is 86.9 cm³/mol. The first kappa shape index (κ1) is 18.7. The second-order valence-electron chi connectivity index (χ2n) is 4.60. The van der Waals surface area contributed by atoms with Crippen LogP contribution < -0.4 is 10.6 Å². The molecule has 7 nitrogen and oxygen atoms in total. The Hall–Kier alpha value is -2.35. The second kappa shape index (κ2) is 9.62. The number of carbonyl (C=O) groups excluding carboxylic acids is 2. The van der Waals surface area contributed by atoms with Crippen molar-refractivity contribution in [3.63, 3.8) is 0 Å². The van der Waals surface area contributed by atoms with Crippen LogP contribution >= 0.6 is 15.9 Å². The van der Waals surface area contributed by atoms with Crippen LogP contribution in [0.15, 0.2) is 41.4 Å². The number of hydrogen-bond acceptors (Lipinski definition) is 4. The third-order valence-corrected chi connectivity index (χ3v) is 2.99. The van der Waals surface area contributed by atoms with Crippen LogP contribution in [0.4, 0.5) is 4.79 Å². The monoisotopic (exact) mass is 384 g/mol. The summed E-state index contributed by atoms with van der Waals surface area (Å²) in [6.07, 6.45) is -0.722. The lowest BCUT2D eigenvalue weighted by atomic mass is 10.2. The molecule has 0 saturated carbocycles. The van der Waals surface area contributed by atoms with Crippen LogP contribution in [-0.2, 0) is 20.9 Å². The van der Waals surface area contributed by atoms with Gasteiger partial charge >= 0.3 is 12.1 Å². The number of rotatable bonds is 8. The van der Waals surface area contributed by atoms with E-state index in [0.29, 0.717) is 4.48 Å². The van der Waals surface area contributed by atoms with Gasteiger partial charge in [0.2, 0.25) is 5.91 Å². The van der Waals surface area contributed by atoms with E-state index in [9.17, 15) is 14.4 Å². The molecule has 23 heavy (non-hydrogen) atoms. The maximum Gasteiger partial charge on any atom is 0.407 e. The Kier molecular flexibility index (Phi) is 7.82. The van der Waals surface area contributed by atoms with E-state index in [0.717, 1.165) is 5.56 Å². The number of aliphatic carboxylic acids is 1. The van der Waals surface area contributed by atoms with Crippen LogP contribution in [0, 0.1) is 0 Å². The van der Waals surface area contributed by atoms with Crippen molar-refractivity contribution >= 4 is 33.9 Å². The number of hydrogen-bond donors (Lipinski definition) is 3. The van der Waals surface area contributed by atoms with Crippen LogP contribution in [0.2, 0.25) is 0 Å². The lowest BCUT2D eigenvalue weighted by molar-refractivity contribution is -0.141. The van der Waals surface area contributed by atoms with Gasteiger partial charge in [-0.2, -0.15) is 0 Å². The van der Waals surface area contributed by atoms with Gasteiger partial charge in [0.25, 0.3) is 0 Å². The number of ether oxygens (including phenoxy) is 1. The Labute approximate surface area is 141 Å². The number of benzene rings is 1. The Morgan fingerprint density at radius 2 is 1.91 bits per heavy atom. The van der Waals surface area contributed by atoms with Gasteiger partial charge in [-0.25, -0.2) is 9.59 Å². The van der Waals surface area contributed by atoms with E-state index in [-0.39, 0.29) is 19.6 Å². The molecule has 2 amide bonds. The average Bonchev–Trinajstić information content (AvgIpc) is 2.50. The molecule has 124 valence electrons. The molecule has 0 fully saturated rings. The molecule has 1 aromatic carbocycles. The highest BCUT2D eigenvalue weighted by Crippen LogP contribution is 2.10. The average molecular weight is 385 g/mol. The zero-order valence-corrected chi connectivity index (χ0v) is 13.8. The van der Waals surface area contributed by atoms with Gasteiger partial charge < -0.3 is 20.5 Å². The predicted octanol–water partition coefficient (Wildman–Crippen LogP) is 1.78. The van der Waals surface area contributed by atoms with Gasteiger partial charge in [0.05, 0.1) is 0 Å². The Morgan fingerprint density at radius 1 is 1.26 bits per heavy atom. The highest BCUT2D eigenvalue weighted by Gasteiger charge is 2.20. The van der Waals surface area contributed by atoms with Crippen molar-refractivity contribution in [3.8, 4) is 0 Å². The summed E-state index contributed by atoms with van der Waals surface area (Å²) in [6.45, 7) is 3.22. The molecule has 0 aromatic heterocycles. The molecule has 3 N–H and O–H groups in total. The molecule has 1 rings (SSSR count). The molecule has 0 bridgehead atoms. The molecule has 1 aromatic rings. The lowest BCUT2D eigenvalue weighted by Gasteiger charge is -2.14. The zero-order valence-electron chi connectivity index (χ0n) is 12.3. The second-order valence-corrected chi connectivity index (χ2v) is 5.72. The molecule has 0 aliphatic rings. The first-order chi connectivity index (χ1) is 10.9. The van der Waals surface area contributed by atoms with Crippen molar-refractivity contribution in [2.75, 3.05) is 6.54 Å². The van der Waals surface area contributed by atoms with E-state index in [4.69, 9.17) is 9.84 Å². The van der Waals surface area contributed by atoms with Gasteiger partial charge in [-0.05, 0) is 10.0 Å². The van der Waals surface area contributed by atoms with E-state index in [1.807, 2.05) is 18.2 Å². The Morgan fingerprint density at radius 3 is 2.48 bits per heavy atom. The largest absolute Gasteiger partial charge is 0.480 e. The molecule has 0 radical (unpaired) electrons. The molecule has 1 atom stereocenters. The van der Waals surface area contributed by atoms with Gasteiger partial charge in [0.1, 0.15) is 19.2 Å². The number of carboxylic acids is 1. The lowest BCUT2D eigenvalue weighted by Crippen LogP contribution is -2.45. The van der Waals surface area contributed by atoms with E-state index in [1.54, 1.807) is 12.1 Å². The van der Waals surface area contributed by atoms with Gasteiger partial charge in [-0.3, -0.25) is 4.79 Å². The number of carboxylic acid groups (broad SMARTS) is 1. The summed E-state index contributed by atoms with van der Waals surface area (Å²) in [4.78, 5) is 34.1. The smallest absolute Gasteiger partial charge is 0.407 e.